The minimum absolute atomic E-state index is 0.283. The predicted octanol–water partition coefficient (Wildman–Crippen LogP) is 21.3. The Morgan fingerprint density at radius 2 is 0.902 bits per heavy atom. The number of hydrogen-bond donors (Lipinski definition) is 1. The van der Waals surface area contributed by atoms with Crippen LogP contribution < -0.4 is 19.3 Å². The highest BCUT2D eigenvalue weighted by Gasteiger charge is 2.21. The van der Waals surface area contributed by atoms with Gasteiger partial charge in [-0.15, -0.1) is 22.7 Å². The second-order valence-electron chi connectivity index (χ2n) is 21.5. The topological polar surface area (TPSA) is 91.0 Å². The molecule has 82 heavy (non-hydrogen) atoms. The quantitative estimate of drug-likeness (QED) is 0.0255. The fraction of sp³-hybridized carbons (Fsp3) is 0.333. The van der Waals surface area contributed by atoms with Gasteiger partial charge in [0.1, 0.15) is 23.1 Å². The summed E-state index contributed by atoms with van der Waals surface area (Å²) >= 11 is 3.27. The Morgan fingerprint density at radius 3 is 1.34 bits per heavy atom. The number of aromatic nitrogens is 1. The van der Waals surface area contributed by atoms with Crippen molar-refractivity contribution in [3.8, 4) is 56.0 Å². The first-order valence-corrected chi connectivity index (χ1v) is 31.8. The van der Waals surface area contributed by atoms with Gasteiger partial charge in [0.15, 0.2) is 0 Å². The Kier molecular flexibility index (Phi) is 21.6. The second-order valence-corrected chi connectivity index (χ2v) is 23.6. The van der Waals surface area contributed by atoms with Crippen LogP contribution in [-0.4, -0.2) is 41.9 Å². The fourth-order valence-corrected chi connectivity index (χ4v) is 13.1. The Bertz CT molecular complexity index is 3380. The molecule has 0 radical (unpaired) electrons. The van der Waals surface area contributed by atoms with E-state index in [0.29, 0.717) is 0 Å². The third kappa shape index (κ3) is 15.1. The summed E-state index contributed by atoms with van der Waals surface area (Å²) in [6.07, 6.45) is 20.7. The summed E-state index contributed by atoms with van der Waals surface area (Å²) in [7, 11) is 0. The monoisotopic (exact) mass is 1130 g/mol. The van der Waals surface area contributed by atoms with E-state index >= 15 is 0 Å². The third-order valence-corrected chi connectivity index (χ3v) is 17.8. The second kappa shape index (κ2) is 29.9. The van der Waals surface area contributed by atoms with Crippen LogP contribution in [0.25, 0.3) is 64.9 Å². The Morgan fingerprint density at radius 1 is 0.500 bits per heavy atom. The summed E-state index contributed by atoms with van der Waals surface area (Å²) in [5, 5.41) is 19.5. The first-order valence-electron chi connectivity index (χ1n) is 30.1. The van der Waals surface area contributed by atoms with E-state index in [9.17, 15) is 15.2 Å². The van der Waals surface area contributed by atoms with E-state index in [0.717, 1.165) is 131 Å². The first kappa shape index (κ1) is 59.1. The molecule has 1 N–H and O–H groups in total. The molecule has 0 aliphatic heterocycles. The number of ether oxygens (including phenoxy) is 2. The van der Waals surface area contributed by atoms with Crippen LogP contribution in [0.1, 0.15) is 135 Å². The summed E-state index contributed by atoms with van der Waals surface area (Å²) in [5.74, 6) is 0.578. The van der Waals surface area contributed by atoms with Crippen molar-refractivity contribution in [2.45, 2.75) is 130 Å². The molecule has 0 aliphatic carbocycles. The van der Waals surface area contributed by atoms with Gasteiger partial charge in [0.05, 0.1) is 33.6 Å². The average molecular weight is 1130 g/mol. The molecule has 0 saturated carbocycles. The normalized spacial score (nSPS) is 11.6. The molecule has 0 aliphatic rings. The van der Waals surface area contributed by atoms with Crippen LogP contribution in [0.15, 0.2) is 163 Å². The van der Waals surface area contributed by atoms with Crippen LogP contribution in [-0.2, 0) is 4.79 Å². The Balaban J connectivity index is 1.03. The number of nitrogens with zero attached hydrogens (tertiary/aromatic N) is 4. The molecule has 0 unspecified atom stereocenters. The number of nitriles is 1. The lowest BCUT2D eigenvalue weighted by Crippen LogP contribution is -2.25. The number of thiophene rings is 2. The van der Waals surface area contributed by atoms with Crippen molar-refractivity contribution in [1.82, 2.24) is 4.57 Å². The molecule has 424 valence electrons. The lowest BCUT2D eigenvalue weighted by molar-refractivity contribution is -0.132. The standard InChI is InChI=1S/C72H80N4O4S2/c1-5-9-13-17-45-74(46-18-14-10-6-2)59-37-39-63(40-38-59)76-67-50-66(49-58(52-73)72(77)78)81-70(67)71-68(76)51-69(82-71)57-25-35-62(36-26-57)75(60-31-21-53(22-32-60)55-27-41-64(42-28-55)79-47-19-15-11-7-3)61-33-23-54(24-34-61)56-29-43-65(44-30-56)80-48-20-16-12-8-4/h21-44,49-51H,5-20,45-48H2,1-4H3,(H,77,78)/b58-49-. The lowest BCUT2D eigenvalue weighted by atomic mass is 10.0. The van der Waals surface area contributed by atoms with Crippen LogP contribution in [0.3, 0.4) is 0 Å². The van der Waals surface area contributed by atoms with Gasteiger partial charge in [-0.05, 0) is 157 Å². The van der Waals surface area contributed by atoms with Crippen LogP contribution in [0.2, 0.25) is 0 Å². The average Bonchev–Trinajstić information content (AvgIpc) is 2.20. The Hall–Kier alpha value is -7.58. The molecule has 0 amide bonds. The highest BCUT2D eigenvalue weighted by molar-refractivity contribution is 7.29. The highest BCUT2D eigenvalue weighted by Crippen LogP contribution is 2.46. The predicted molar refractivity (Wildman–Crippen MR) is 349 cm³/mol. The molecule has 3 heterocycles. The van der Waals surface area contributed by atoms with Crippen LogP contribution >= 0.6 is 22.7 Å². The summed E-state index contributed by atoms with van der Waals surface area (Å²) in [6, 6.07) is 58.6. The molecule has 10 heteroatoms. The van der Waals surface area contributed by atoms with Crippen molar-refractivity contribution in [2.75, 3.05) is 36.1 Å². The smallest absolute Gasteiger partial charge is 0.346 e. The van der Waals surface area contributed by atoms with E-state index in [1.165, 1.54) is 113 Å². The largest absolute Gasteiger partial charge is 0.494 e. The number of hydrogen-bond acceptors (Lipinski definition) is 8. The minimum Gasteiger partial charge on any atom is -0.494 e. The van der Waals surface area contributed by atoms with Gasteiger partial charge in [0, 0.05) is 51.3 Å². The van der Waals surface area contributed by atoms with E-state index in [2.05, 4.69) is 194 Å². The molecular formula is C72H80N4O4S2. The van der Waals surface area contributed by atoms with Crippen molar-refractivity contribution < 1.29 is 19.4 Å². The zero-order valence-corrected chi connectivity index (χ0v) is 50.1. The molecule has 0 spiro atoms. The van der Waals surface area contributed by atoms with E-state index < -0.39 is 5.97 Å². The number of carboxylic acid groups (broad SMARTS) is 1. The minimum atomic E-state index is -1.23. The van der Waals surface area contributed by atoms with Crippen molar-refractivity contribution in [3.05, 3.63) is 168 Å². The SMILES string of the molecule is CCCCCCOc1ccc(-c2ccc(N(c3ccc(-c4ccc(OCCCCCC)cc4)cc3)c3ccc(-c4cc5c(s4)c4sc(/C=C(/C#N)C(=O)O)cc4n5-c4ccc(N(CCCCCC)CCCCCC)cc4)cc3)cc2)cc1. The van der Waals surface area contributed by atoms with E-state index in [-0.39, 0.29) is 5.57 Å². The van der Waals surface area contributed by atoms with E-state index in [1.54, 1.807) is 11.3 Å². The molecule has 3 aromatic heterocycles. The summed E-state index contributed by atoms with van der Waals surface area (Å²) in [4.78, 5) is 18.7. The third-order valence-electron chi connectivity index (χ3n) is 15.4. The summed E-state index contributed by atoms with van der Waals surface area (Å²) in [5.41, 5.74) is 12.9. The maximum Gasteiger partial charge on any atom is 0.346 e. The molecule has 9 aromatic rings. The summed E-state index contributed by atoms with van der Waals surface area (Å²) < 4.78 is 16.6. The zero-order chi connectivity index (χ0) is 57.0. The molecular weight excluding hydrogens is 1050 g/mol. The maximum absolute atomic E-state index is 12.0. The van der Waals surface area contributed by atoms with Crippen LogP contribution in [0, 0.1) is 11.3 Å². The van der Waals surface area contributed by atoms with Gasteiger partial charge in [0.25, 0.3) is 0 Å². The zero-order valence-electron chi connectivity index (χ0n) is 48.5. The van der Waals surface area contributed by atoms with E-state index in [4.69, 9.17) is 9.47 Å². The van der Waals surface area contributed by atoms with Gasteiger partial charge in [-0.25, -0.2) is 4.79 Å². The van der Waals surface area contributed by atoms with Crippen molar-refractivity contribution in [1.29, 1.82) is 5.26 Å². The molecule has 9 rings (SSSR count). The number of carboxylic acids is 1. The van der Waals surface area contributed by atoms with Crippen molar-refractivity contribution >= 4 is 77.9 Å². The number of rotatable bonds is 32. The Labute approximate surface area is 494 Å². The molecule has 0 saturated heterocycles. The summed E-state index contributed by atoms with van der Waals surface area (Å²) in [6.45, 7) is 12.6. The first-order chi connectivity index (χ1) is 40.3. The number of unbranched alkanes of at least 4 members (excludes halogenated alkanes) is 12. The van der Waals surface area contributed by atoms with Gasteiger partial charge in [-0.2, -0.15) is 5.26 Å². The van der Waals surface area contributed by atoms with Crippen molar-refractivity contribution in [3.63, 3.8) is 0 Å². The number of fused-ring (bicyclic) bond motifs is 3. The van der Waals surface area contributed by atoms with E-state index in [1.807, 2.05) is 12.1 Å². The van der Waals surface area contributed by atoms with Crippen LogP contribution in [0.5, 0.6) is 11.5 Å². The molecule has 8 nitrogen and oxygen atoms in total. The van der Waals surface area contributed by atoms with Gasteiger partial charge in [-0.3, -0.25) is 0 Å². The molecule has 0 atom stereocenters. The molecule has 0 fully saturated rings. The van der Waals surface area contributed by atoms with Gasteiger partial charge in [-0.1, -0.05) is 165 Å². The maximum atomic E-state index is 12.0. The number of anilines is 4. The fourth-order valence-electron chi connectivity index (χ4n) is 10.7. The van der Waals surface area contributed by atoms with Gasteiger partial charge < -0.3 is 28.9 Å². The number of benzene rings is 6. The van der Waals surface area contributed by atoms with Crippen LogP contribution in [0.4, 0.5) is 22.7 Å². The molecule has 0 bridgehead atoms. The number of aliphatic carboxylic acids is 1. The number of carbonyl (C=O) groups is 1. The molecule has 6 aromatic carbocycles. The lowest BCUT2D eigenvalue weighted by Gasteiger charge is -2.26. The van der Waals surface area contributed by atoms with Gasteiger partial charge >= 0.3 is 5.97 Å². The van der Waals surface area contributed by atoms with Gasteiger partial charge in [0.2, 0.25) is 0 Å². The van der Waals surface area contributed by atoms with Crippen molar-refractivity contribution in [2.24, 2.45) is 0 Å². The highest BCUT2D eigenvalue weighted by atomic mass is 32.1.